The largest absolute Gasteiger partial charge is 0.388 e. The summed E-state index contributed by atoms with van der Waals surface area (Å²) >= 11 is 0. The number of hydrogen-bond donors (Lipinski definition) is 1. The van der Waals surface area contributed by atoms with Crippen molar-refractivity contribution in [3.8, 4) is 0 Å². The van der Waals surface area contributed by atoms with Gasteiger partial charge in [0.2, 0.25) is 0 Å². The Morgan fingerprint density at radius 3 is 2.29 bits per heavy atom. The van der Waals surface area contributed by atoms with Crippen LogP contribution >= 0.6 is 0 Å². The van der Waals surface area contributed by atoms with Gasteiger partial charge in [0.1, 0.15) is 9.84 Å². The highest BCUT2D eigenvalue weighted by Crippen LogP contribution is 2.19. The molecule has 0 saturated heterocycles. The summed E-state index contributed by atoms with van der Waals surface area (Å²) in [6.45, 7) is 3.75. The van der Waals surface area contributed by atoms with Gasteiger partial charge >= 0.3 is 0 Å². The molecule has 0 aliphatic rings. The van der Waals surface area contributed by atoms with Crippen LogP contribution in [0.3, 0.4) is 0 Å². The zero-order chi connectivity index (χ0) is 13.1. The van der Waals surface area contributed by atoms with Crippen molar-refractivity contribution in [2.45, 2.75) is 32.8 Å². The molecule has 0 saturated carbocycles. The Balaban J connectivity index is 2.61. The fourth-order valence-electron chi connectivity index (χ4n) is 1.76. The van der Waals surface area contributed by atoms with Crippen LogP contribution in [0.4, 0.5) is 0 Å². The maximum atomic E-state index is 11.0. The Kier molecular flexibility index (Phi) is 4.65. The summed E-state index contributed by atoms with van der Waals surface area (Å²) < 4.78 is 21.9. The molecule has 0 spiro atoms. The molecule has 0 aromatic carbocycles. The number of nitrogens with zero attached hydrogens (tertiary/aromatic N) is 1. The van der Waals surface area contributed by atoms with Gasteiger partial charge in [-0.1, -0.05) is 0 Å². The van der Waals surface area contributed by atoms with Crippen LogP contribution in [-0.2, 0) is 9.84 Å². The Morgan fingerprint density at radius 1 is 1.29 bits per heavy atom. The summed E-state index contributed by atoms with van der Waals surface area (Å²) in [5, 5.41) is 9.94. The zero-order valence-corrected chi connectivity index (χ0v) is 11.3. The van der Waals surface area contributed by atoms with E-state index in [1.807, 2.05) is 26.0 Å². The van der Waals surface area contributed by atoms with Gasteiger partial charge in [-0.15, -0.1) is 0 Å². The Bertz CT molecular complexity index is 462. The van der Waals surface area contributed by atoms with Crippen molar-refractivity contribution in [1.82, 2.24) is 4.98 Å². The Hall–Kier alpha value is -0.940. The normalized spacial score (nSPS) is 13.6. The van der Waals surface area contributed by atoms with Gasteiger partial charge in [-0.25, -0.2) is 8.42 Å². The van der Waals surface area contributed by atoms with Crippen molar-refractivity contribution in [3.05, 3.63) is 29.1 Å². The first-order valence-electron chi connectivity index (χ1n) is 5.59. The average molecular weight is 257 g/mol. The summed E-state index contributed by atoms with van der Waals surface area (Å²) in [4.78, 5) is 4.23. The van der Waals surface area contributed by atoms with E-state index < -0.39 is 15.9 Å². The van der Waals surface area contributed by atoms with E-state index in [9.17, 15) is 13.5 Å². The van der Waals surface area contributed by atoms with Gasteiger partial charge in [0.05, 0.1) is 6.10 Å². The molecule has 17 heavy (non-hydrogen) atoms. The van der Waals surface area contributed by atoms with Gasteiger partial charge in [0.25, 0.3) is 0 Å². The van der Waals surface area contributed by atoms with E-state index in [0.29, 0.717) is 12.8 Å². The summed E-state index contributed by atoms with van der Waals surface area (Å²) in [7, 11) is -2.94. The summed E-state index contributed by atoms with van der Waals surface area (Å²) in [6.07, 6.45) is 1.52. The first-order valence-corrected chi connectivity index (χ1v) is 7.65. The molecule has 0 aliphatic heterocycles. The molecule has 5 heteroatoms. The molecule has 1 N–H and O–H groups in total. The molecule has 0 amide bonds. The second-order valence-corrected chi connectivity index (χ2v) is 6.73. The molecular formula is C12H19NO3S. The molecule has 96 valence electrons. The maximum absolute atomic E-state index is 11.0. The molecule has 1 atom stereocenters. The van der Waals surface area contributed by atoms with Gasteiger partial charge in [-0.3, -0.25) is 4.98 Å². The number of pyridine rings is 1. The van der Waals surface area contributed by atoms with Crippen molar-refractivity contribution < 1.29 is 13.5 Å². The summed E-state index contributed by atoms with van der Waals surface area (Å²) in [5.74, 6) is 0.118. The first kappa shape index (κ1) is 14.1. The lowest BCUT2D eigenvalue weighted by atomic mass is 10.0. The first-order chi connectivity index (χ1) is 7.78. The number of sulfone groups is 1. The van der Waals surface area contributed by atoms with E-state index in [0.717, 1.165) is 17.0 Å². The smallest absolute Gasteiger partial charge is 0.147 e. The highest BCUT2D eigenvalue weighted by molar-refractivity contribution is 7.90. The third-order valence-corrected chi connectivity index (χ3v) is 3.51. The Morgan fingerprint density at radius 2 is 1.82 bits per heavy atom. The number of hydrogen-bond acceptors (Lipinski definition) is 4. The van der Waals surface area contributed by atoms with Crippen LogP contribution in [0, 0.1) is 13.8 Å². The fraction of sp³-hybridized carbons (Fsp3) is 0.583. The minimum atomic E-state index is -2.94. The minimum Gasteiger partial charge on any atom is -0.388 e. The van der Waals surface area contributed by atoms with E-state index in [1.54, 1.807) is 0 Å². The lowest BCUT2D eigenvalue weighted by Crippen LogP contribution is -2.06. The van der Waals surface area contributed by atoms with Crippen LogP contribution in [0.1, 0.15) is 35.9 Å². The monoisotopic (exact) mass is 257 g/mol. The average Bonchev–Trinajstić information content (AvgIpc) is 2.13. The molecule has 1 unspecified atom stereocenters. The third kappa shape index (κ3) is 5.28. The summed E-state index contributed by atoms with van der Waals surface area (Å²) in [6, 6.07) is 3.66. The van der Waals surface area contributed by atoms with Crippen LogP contribution < -0.4 is 0 Å². The van der Waals surface area contributed by atoms with E-state index >= 15 is 0 Å². The number of aliphatic hydroxyl groups is 1. The van der Waals surface area contributed by atoms with Crippen LogP contribution in [-0.4, -0.2) is 30.5 Å². The van der Waals surface area contributed by atoms with Crippen LogP contribution in [0.2, 0.25) is 0 Å². The number of aliphatic hydroxyl groups excluding tert-OH is 1. The van der Waals surface area contributed by atoms with Crippen LogP contribution in [0.5, 0.6) is 0 Å². The summed E-state index contributed by atoms with van der Waals surface area (Å²) in [5.41, 5.74) is 2.54. The molecule has 0 aliphatic carbocycles. The molecule has 4 nitrogen and oxygen atoms in total. The highest BCUT2D eigenvalue weighted by atomic mass is 32.2. The molecule has 1 aromatic rings. The quantitative estimate of drug-likeness (QED) is 0.869. The van der Waals surface area contributed by atoms with Crippen molar-refractivity contribution in [2.24, 2.45) is 0 Å². The van der Waals surface area contributed by atoms with Gasteiger partial charge in [-0.2, -0.15) is 0 Å². The molecule has 1 heterocycles. The Labute approximate surface area is 103 Å². The lowest BCUT2D eigenvalue weighted by Gasteiger charge is -2.11. The van der Waals surface area contributed by atoms with E-state index in [2.05, 4.69) is 4.98 Å². The highest BCUT2D eigenvalue weighted by Gasteiger charge is 2.10. The van der Waals surface area contributed by atoms with E-state index in [-0.39, 0.29) is 5.75 Å². The number of rotatable bonds is 5. The predicted molar refractivity (Wildman–Crippen MR) is 67.6 cm³/mol. The van der Waals surface area contributed by atoms with E-state index in [4.69, 9.17) is 0 Å². The molecule has 1 rings (SSSR count). The van der Waals surface area contributed by atoms with Crippen molar-refractivity contribution in [2.75, 3.05) is 12.0 Å². The van der Waals surface area contributed by atoms with Crippen LogP contribution in [0.15, 0.2) is 12.1 Å². The molecule has 0 fully saturated rings. The molecule has 0 radical (unpaired) electrons. The molecule has 0 bridgehead atoms. The van der Waals surface area contributed by atoms with Gasteiger partial charge < -0.3 is 5.11 Å². The third-order valence-electron chi connectivity index (χ3n) is 2.48. The molecule has 1 aromatic heterocycles. The van der Waals surface area contributed by atoms with Crippen molar-refractivity contribution in [3.63, 3.8) is 0 Å². The lowest BCUT2D eigenvalue weighted by molar-refractivity contribution is 0.166. The maximum Gasteiger partial charge on any atom is 0.147 e. The predicted octanol–water partition coefficient (Wildman–Crippen LogP) is 1.56. The fourth-order valence-corrected chi connectivity index (χ4v) is 2.46. The van der Waals surface area contributed by atoms with Crippen molar-refractivity contribution in [1.29, 1.82) is 0 Å². The standard InChI is InChI=1S/C12H19NO3S/c1-9-7-11(8-10(2)13-9)12(14)5-4-6-17(3,15)16/h7-8,12,14H,4-6H2,1-3H3. The second kappa shape index (κ2) is 5.60. The number of aromatic nitrogens is 1. The van der Waals surface area contributed by atoms with Gasteiger partial charge in [0.15, 0.2) is 0 Å². The van der Waals surface area contributed by atoms with Crippen LogP contribution in [0.25, 0.3) is 0 Å². The van der Waals surface area contributed by atoms with E-state index in [1.165, 1.54) is 6.26 Å². The van der Waals surface area contributed by atoms with Crippen molar-refractivity contribution >= 4 is 9.84 Å². The SMILES string of the molecule is Cc1cc(C(O)CCCS(C)(=O)=O)cc(C)n1. The van der Waals surface area contributed by atoms with Gasteiger partial charge in [-0.05, 0) is 44.4 Å². The van der Waals surface area contributed by atoms with Gasteiger partial charge in [0, 0.05) is 23.4 Å². The number of aryl methyl sites for hydroxylation is 2. The minimum absolute atomic E-state index is 0.118. The topological polar surface area (TPSA) is 67.3 Å². The molecular weight excluding hydrogens is 238 g/mol. The second-order valence-electron chi connectivity index (χ2n) is 4.47. The zero-order valence-electron chi connectivity index (χ0n) is 10.5.